The molecule has 1 saturated carbocycles. The highest BCUT2D eigenvalue weighted by Gasteiger charge is 2.32. The second-order valence-electron chi connectivity index (χ2n) is 4.95. The molecule has 1 aliphatic rings. The highest BCUT2D eigenvalue weighted by Crippen LogP contribution is 2.36. The summed E-state index contributed by atoms with van der Waals surface area (Å²) in [4.78, 5) is 12.2. The minimum atomic E-state index is -0.0785. The second-order valence-corrected chi connectivity index (χ2v) is 4.95. The van der Waals surface area contributed by atoms with E-state index in [-0.39, 0.29) is 5.91 Å². The lowest BCUT2D eigenvalue weighted by Gasteiger charge is -2.08. The molecule has 1 fully saturated rings. The number of benzene rings is 1. The van der Waals surface area contributed by atoms with Crippen LogP contribution < -0.4 is 5.32 Å². The minimum absolute atomic E-state index is 0.0785. The number of nitrogens with zero attached hydrogens (tertiary/aromatic N) is 4. The summed E-state index contributed by atoms with van der Waals surface area (Å²) < 4.78 is 1.49. The molecule has 0 saturated heterocycles. The molecule has 6 nitrogen and oxygen atoms in total. The van der Waals surface area contributed by atoms with Crippen LogP contribution in [0, 0.1) is 11.8 Å². The summed E-state index contributed by atoms with van der Waals surface area (Å²) in [6, 6.07) is 7.30. The average molecular weight is 257 g/mol. The Morgan fingerprint density at radius 1 is 1.47 bits per heavy atom. The van der Waals surface area contributed by atoms with Crippen LogP contribution in [0.15, 0.2) is 30.6 Å². The zero-order chi connectivity index (χ0) is 13.2. The predicted molar refractivity (Wildman–Crippen MR) is 68.8 cm³/mol. The zero-order valence-electron chi connectivity index (χ0n) is 10.7. The summed E-state index contributed by atoms with van der Waals surface area (Å²) in [5.74, 6) is 1.28. The molecule has 3 rings (SSSR count). The first-order valence-electron chi connectivity index (χ1n) is 6.36. The number of nitrogens with one attached hydrogen (secondary N) is 1. The van der Waals surface area contributed by atoms with E-state index in [9.17, 15) is 4.79 Å². The Hall–Kier alpha value is -2.24. The fraction of sp³-hybridized carbons (Fsp3) is 0.385. The van der Waals surface area contributed by atoms with Crippen molar-refractivity contribution in [3.8, 4) is 5.69 Å². The molecule has 0 radical (unpaired) electrons. The van der Waals surface area contributed by atoms with Gasteiger partial charge in [-0.3, -0.25) is 4.79 Å². The summed E-state index contributed by atoms with van der Waals surface area (Å²) in [5, 5.41) is 14.0. The van der Waals surface area contributed by atoms with Gasteiger partial charge in [-0.1, -0.05) is 19.1 Å². The molecule has 6 heteroatoms. The molecule has 1 aromatic carbocycles. The van der Waals surface area contributed by atoms with Crippen LogP contribution in [0.5, 0.6) is 0 Å². The van der Waals surface area contributed by atoms with Crippen molar-refractivity contribution in [2.24, 2.45) is 11.8 Å². The standard InChI is InChI=1S/C13H15N5O/c1-9-6-10(9)7-14-13(19)11-4-2-3-5-12(11)18-8-15-16-17-18/h2-5,8-10H,6-7H2,1H3,(H,14,19)/t9-,10-/m1/s1. The van der Waals surface area contributed by atoms with Crippen LogP contribution in [0.1, 0.15) is 23.7 Å². The summed E-state index contributed by atoms with van der Waals surface area (Å²) in [7, 11) is 0. The SMILES string of the molecule is C[C@@H]1C[C@@H]1CNC(=O)c1ccccc1-n1cnnn1. The summed E-state index contributed by atoms with van der Waals surface area (Å²) in [6.45, 7) is 2.94. The maximum atomic E-state index is 12.2. The van der Waals surface area contributed by atoms with Crippen molar-refractivity contribution in [2.45, 2.75) is 13.3 Å². The van der Waals surface area contributed by atoms with Crippen molar-refractivity contribution in [1.29, 1.82) is 0 Å². The van der Waals surface area contributed by atoms with E-state index in [0.717, 1.165) is 12.5 Å². The van der Waals surface area contributed by atoms with Crippen molar-refractivity contribution in [3.05, 3.63) is 36.2 Å². The van der Waals surface area contributed by atoms with Gasteiger partial charge >= 0.3 is 0 Å². The van der Waals surface area contributed by atoms with Gasteiger partial charge in [0.1, 0.15) is 6.33 Å². The van der Waals surface area contributed by atoms with Crippen molar-refractivity contribution >= 4 is 5.91 Å². The number of carbonyl (C=O) groups excluding carboxylic acids is 1. The molecule has 0 aliphatic heterocycles. The van der Waals surface area contributed by atoms with E-state index in [2.05, 4.69) is 27.8 Å². The monoisotopic (exact) mass is 257 g/mol. The molecule has 1 N–H and O–H groups in total. The Morgan fingerprint density at radius 3 is 2.95 bits per heavy atom. The summed E-state index contributed by atoms with van der Waals surface area (Å²) in [5.41, 5.74) is 1.27. The Labute approximate surface area is 110 Å². The Kier molecular flexibility index (Phi) is 2.98. The lowest BCUT2D eigenvalue weighted by atomic mass is 10.1. The van der Waals surface area contributed by atoms with Crippen LogP contribution >= 0.6 is 0 Å². The zero-order valence-corrected chi connectivity index (χ0v) is 10.7. The van der Waals surface area contributed by atoms with Crippen molar-refractivity contribution in [2.75, 3.05) is 6.54 Å². The molecular formula is C13H15N5O. The predicted octanol–water partition coefficient (Wildman–Crippen LogP) is 1.05. The number of hydrogen-bond donors (Lipinski definition) is 1. The molecule has 19 heavy (non-hydrogen) atoms. The van der Waals surface area contributed by atoms with Gasteiger partial charge in [-0.25, -0.2) is 0 Å². The number of amides is 1. The fourth-order valence-electron chi connectivity index (χ4n) is 2.14. The molecular weight excluding hydrogens is 242 g/mol. The molecule has 0 spiro atoms. The molecule has 2 aromatic rings. The van der Waals surface area contributed by atoms with Gasteiger partial charge < -0.3 is 5.32 Å². The van der Waals surface area contributed by atoms with Gasteiger partial charge in [0, 0.05) is 6.54 Å². The number of tetrazole rings is 1. The number of carbonyl (C=O) groups is 1. The largest absolute Gasteiger partial charge is 0.352 e. The van der Waals surface area contributed by atoms with Crippen molar-refractivity contribution in [3.63, 3.8) is 0 Å². The van der Waals surface area contributed by atoms with Crippen LogP contribution in [0.3, 0.4) is 0 Å². The molecule has 2 atom stereocenters. The Morgan fingerprint density at radius 2 is 2.26 bits per heavy atom. The van der Waals surface area contributed by atoms with Crippen LogP contribution in [-0.2, 0) is 0 Å². The molecule has 1 aromatic heterocycles. The Bertz CT molecular complexity index is 580. The van der Waals surface area contributed by atoms with E-state index in [0.29, 0.717) is 17.2 Å². The number of hydrogen-bond acceptors (Lipinski definition) is 4. The fourth-order valence-corrected chi connectivity index (χ4v) is 2.14. The highest BCUT2D eigenvalue weighted by atomic mass is 16.1. The van der Waals surface area contributed by atoms with E-state index in [1.165, 1.54) is 17.4 Å². The maximum Gasteiger partial charge on any atom is 0.253 e. The summed E-state index contributed by atoms with van der Waals surface area (Å²) in [6.07, 6.45) is 2.68. The van der Waals surface area contributed by atoms with Gasteiger partial charge in [0.05, 0.1) is 11.3 Å². The van der Waals surface area contributed by atoms with E-state index in [1.807, 2.05) is 18.2 Å². The van der Waals surface area contributed by atoms with E-state index in [1.54, 1.807) is 6.07 Å². The molecule has 0 bridgehead atoms. The Balaban J connectivity index is 1.78. The third-order valence-electron chi connectivity index (χ3n) is 3.55. The van der Waals surface area contributed by atoms with Gasteiger partial charge in [-0.2, -0.15) is 4.68 Å². The first-order chi connectivity index (χ1) is 9.25. The van der Waals surface area contributed by atoms with Crippen LogP contribution in [-0.4, -0.2) is 32.7 Å². The first-order valence-corrected chi connectivity index (χ1v) is 6.36. The quantitative estimate of drug-likeness (QED) is 0.888. The van der Waals surface area contributed by atoms with Gasteiger partial charge in [0.25, 0.3) is 5.91 Å². The van der Waals surface area contributed by atoms with Crippen LogP contribution in [0.25, 0.3) is 5.69 Å². The minimum Gasteiger partial charge on any atom is -0.352 e. The number of para-hydroxylation sites is 1. The summed E-state index contributed by atoms with van der Waals surface area (Å²) >= 11 is 0. The highest BCUT2D eigenvalue weighted by molar-refractivity contribution is 5.97. The van der Waals surface area contributed by atoms with Crippen LogP contribution in [0.4, 0.5) is 0 Å². The van der Waals surface area contributed by atoms with Gasteiger partial charge in [0.15, 0.2) is 0 Å². The average Bonchev–Trinajstić information content (AvgIpc) is 2.93. The molecule has 1 amide bonds. The smallest absolute Gasteiger partial charge is 0.253 e. The molecule has 98 valence electrons. The molecule has 1 heterocycles. The lowest BCUT2D eigenvalue weighted by Crippen LogP contribution is -2.27. The lowest BCUT2D eigenvalue weighted by molar-refractivity contribution is 0.0951. The number of aromatic nitrogens is 4. The molecule has 1 aliphatic carbocycles. The van der Waals surface area contributed by atoms with E-state index < -0.39 is 0 Å². The third kappa shape index (κ3) is 2.47. The maximum absolute atomic E-state index is 12.2. The van der Waals surface area contributed by atoms with Gasteiger partial charge in [-0.15, -0.1) is 5.10 Å². The van der Waals surface area contributed by atoms with Crippen molar-refractivity contribution < 1.29 is 4.79 Å². The third-order valence-corrected chi connectivity index (χ3v) is 3.55. The van der Waals surface area contributed by atoms with Gasteiger partial charge in [0.2, 0.25) is 0 Å². The first kappa shape index (κ1) is 11.8. The van der Waals surface area contributed by atoms with E-state index in [4.69, 9.17) is 0 Å². The van der Waals surface area contributed by atoms with Gasteiger partial charge in [-0.05, 0) is 40.8 Å². The molecule has 0 unspecified atom stereocenters. The normalized spacial score (nSPS) is 21.1. The van der Waals surface area contributed by atoms with Crippen LogP contribution in [0.2, 0.25) is 0 Å². The topological polar surface area (TPSA) is 72.7 Å². The van der Waals surface area contributed by atoms with Crippen molar-refractivity contribution in [1.82, 2.24) is 25.5 Å². The van der Waals surface area contributed by atoms with E-state index >= 15 is 0 Å². The second kappa shape index (κ2) is 4.79. The number of rotatable bonds is 4.